The van der Waals surface area contributed by atoms with Crippen molar-refractivity contribution in [3.8, 4) is 11.1 Å². The number of carbonyl (C=O) groups is 1. The average molecular weight is 507 g/mol. The molecule has 1 atom stereocenters. The number of hydrogen-bond donors (Lipinski definition) is 2. The molecular formula is C26H39ClN2O4Si. The van der Waals surface area contributed by atoms with Crippen molar-refractivity contribution in [3.63, 3.8) is 0 Å². The van der Waals surface area contributed by atoms with Gasteiger partial charge in [-0.05, 0) is 57.9 Å². The Morgan fingerprint density at radius 2 is 1.53 bits per heavy atom. The zero-order valence-corrected chi connectivity index (χ0v) is 22.8. The Balaban J connectivity index is 0.00000578. The number of benzene rings is 2. The lowest BCUT2D eigenvalue weighted by atomic mass is 10.0. The van der Waals surface area contributed by atoms with Crippen molar-refractivity contribution in [2.45, 2.75) is 46.6 Å². The molecule has 0 aliphatic rings. The monoisotopic (exact) mass is 506 g/mol. The summed E-state index contributed by atoms with van der Waals surface area (Å²) >= 11 is 0. The molecular weight excluding hydrogens is 468 g/mol. The van der Waals surface area contributed by atoms with E-state index in [-0.39, 0.29) is 23.9 Å². The van der Waals surface area contributed by atoms with Crippen molar-refractivity contribution in [1.29, 1.82) is 0 Å². The predicted octanol–water partition coefficient (Wildman–Crippen LogP) is 6.53. The summed E-state index contributed by atoms with van der Waals surface area (Å²) in [5.74, 6) is -0.176. The summed E-state index contributed by atoms with van der Waals surface area (Å²) in [6.45, 7) is 16.0. The molecule has 2 rings (SSSR count). The van der Waals surface area contributed by atoms with Gasteiger partial charge in [-0.2, -0.15) is 0 Å². The molecule has 8 heteroatoms. The Labute approximate surface area is 211 Å². The predicted molar refractivity (Wildman–Crippen MR) is 146 cm³/mol. The summed E-state index contributed by atoms with van der Waals surface area (Å²) in [4.78, 5) is 11.8. The maximum absolute atomic E-state index is 11.8. The number of para-hydroxylation sites is 1. The Bertz CT molecular complexity index is 891. The average Bonchev–Trinajstić information content (AvgIpc) is 2.80. The first-order valence-electron chi connectivity index (χ1n) is 11.7. The number of rotatable bonds is 14. The molecule has 0 aromatic heterocycles. The van der Waals surface area contributed by atoms with Crippen molar-refractivity contribution in [2.24, 2.45) is 0 Å². The fourth-order valence-corrected chi connectivity index (χ4v) is 6.42. The van der Waals surface area contributed by atoms with E-state index in [1.807, 2.05) is 57.2 Å². The van der Waals surface area contributed by atoms with Gasteiger partial charge in [0.15, 0.2) is 0 Å². The lowest BCUT2D eigenvalue weighted by Gasteiger charge is -2.33. The minimum atomic E-state index is -2.72. The molecule has 0 radical (unpaired) electrons. The second kappa shape index (κ2) is 15.0. The van der Waals surface area contributed by atoms with Crippen LogP contribution >= 0.6 is 12.4 Å². The number of amides is 1. The number of hydrogen-bond acceptors (Lipinski definition) is 5. The molecule has 0 aliphatic heterocycles. The fourth-order valence-electron chi connectivity index (χ4n) is 3.62. The summed E-state index contributed by atoms with van der Waals surface area (Å²) in [6, 6.07) is 16.0. The molecule has 2 aromatic carbocycles. The van der Waals surface area contributed by atoms with E-state index in [0.717, 1.165) is 35.5 Å². The molecule has 1 amide bonds. The van der Waals surface area contributed by atoms with Gasteiger partial charge in [-0.3, -0.25) is 4.79 Å². The van der Waals surface area contributed by atoms with Crippen LogP contribution in [0, 0.1) is 0 Å². The molecule has 188 valence electrons. The van der Waals surface area contributed by atoms with Crippen LogP contribution in [-0.4, -0.2) is 41.1 Å². The summed E-state index contributed by atoms with van der Waals surface area (Å²) in [7, 11) is -2.72. The van der Waals surface area contributed by atoms with E-state index in [4.69, 9.17) is 13.3 Å². The van der Waals surface area contributed by atoms with Crippen molar-refractivity contribution >= 4 is 38.5 Å². The number of halogens is 1. The van der Waals surface area contributed by atoms with Crippen LogP contribution in [0.3, 0.4) is 0 Å². The summed E-state index contributed by atoms with van der Waals surface area (Å²) in [5.41, 5.74) is 4.63. The Hall–Kier alpha value is -2.16. The minimum Gasteiger partial charge on any atom is -0.385 e. The second-order valence-electron chi connectivity index (χ2n) is 7.88. The van der Waals surface area contributed by atoms with Gasteiger partial charge < -0.3 is 23.9 Å². The van der Waals surface area contributed by atoms with E-state index in [1.165, 1.54) is 0 Å². The third-order valence-corrected chi connectivity index (χ3v) is 8.87. The van der Waals surface area contributed by atoms with Crippen LogP contribution in [0.2, 0.25) is 5.54 Å². The smallest absolute Gasteiger partial charge is 0.385 e. The molecule has 6 nitrogen and oxygen atoms in total. The number of carbonyl (C=O) groups excluding carboxylic acids is 1. The molecule has 0 fully saturated rings. The zero-order valence-electron chi connectivity index (χ0n) is 21.0. The maximum Gasteiger partial charge on any atom is 0.503 e. The first kappa shape index (κ1) is 29.9. The molecule has 0 bridgehead atoms. The normalized spacial score (nSPS) is 11.9. The van der Waals surface area contributed by atoms with E-state index in [0.29, 0.717) is 25.4 Å². The first-order chi connectivity index (χ1) is 15.9. The van der Waals surface area contributed by atoms with Gasteiger partial charge in [-0.1, -0.05) is 43.8 Å². The van der Waals surface area contributed by atoms with Crippen LogP contribution in [0.25, 0.3) is 11.1 Å². The highest BCUT2D eigenvalue weighted by Crippen LogP contribution is 2.31. The Kier molecular flexibility index (Phi) is 13.1. The van der Waals surface area contributed by atoms with Crippen LogP contribution in [0.4, 0.5) is 11.4 Å². The summed E-state index contributed by atoms with van der Waals surface area (Å²) < 4.78 is 18.2. The maximum atomic E-state index is 11.8. The van der Waals surface area contributed by atoms with Crippen molar-refractivity contribution in [1.82, 2.24) is 0 Å². The van der Waals surface area contributed by atoms with Gasteiger partial charge in [0, 0.05) is 54.4 Å². The summed E-state index contributed by atoms with van der Waals surface area (Å²) in [6.07, 6.45) is 0.867. The van der Waals surface area contributed by atoms with Gasteiger partial charge in [0.05, 0.1) is 0 Å². The molecule has 34 heavy (non-hydrogen) atoms. The number of anilines is 2. The van der Waals surface area contributed by atoms with Crippen LogP contribution in [0.1, 0.15) is 41.0 Å². The number of nitrogens with one attached hydrogen (secondary N) is 2. The third kappa shape index (κ3) is 8.25. The van der Waals surface area contributed by atoms with E-state index < -0.39 is 8.80 Å². The zero-order chi connectivity index (χ0) is 24.3. The quantitative estimate of drug-likeness (QED) is 0.225. The third-order valence-electron chi connectivity index (χ3n) is 5.30. The van der Waals surface area contributed by atoms with Gasteiger partial charge in [0.2, 0.25) is 0 Å². The van der Waals surface area contributed by atoms with Crippen LogP contribution in [-0.2, 0) is 18.1 Å². The van der Waals surface area contributed by atoms with Gasteiger partial charge in [-0.25, -0.2) is 0 Å². The Morgan fingerprint density at radius 1 is 0.971 bits per heavy atom. The minimum absolute atomic E-state index is 0. The topological polar surface area (TPSA) is 68.8 Å². The molecule has 2 aromatic rings. The largest absolute Gasteiger partial charge is 0.503 e. The Morgan fingerprint density at radius 3 is 2.06 bits per heavy atom. The summed E-state index contributed by atoms with van der Waals surface area (Å²) in [5, 5.41) is 6.42. The molecule has 1 unspecified atom stereocenters. The lowest BCUT2D eigenvalue weighted by molar-refractivity contribution is -0.112. The molecule has 2 N–H and O–H groups in total. The highest BCUT2D eigenvalue weighted by atomic mass is 35.5. The van der Waals surface area contributed by atoms with Crippen LogP contribution in [0.15, 0.2) is 60.7 Å². The van der Waals surface area contributed by atoms with Crippen molar-refractivity contribution in [2.75, 3.05) is 37.0 Å². The van der Waals surface area contributed by atoms with E-state index in [9.17, 15) is 4.79 Å². The van der Waals surface area contributed by atoms with E-state index in [2.05, 4.69) is 36.3 Å². The van der Waals surface area contributed by atoms with Crippen LogP contribution in [0.5, 0.6) is 0 Å². The van der Waals surface area contributed by atoms with E-state index in [1.54, 1.807) is 6.92 Å². The highest BCUT2D eigenvalue weighted by molar-refractivity contribution is 6.62. The highest BCUT2D eigenvalue weighted by Gasteiger charge is 2.46. The van der Waals surface area contributed by atoms with Crippen molar-refractivity contribution in [3.05, 3.63) is 60.7 Å². The molecule has 0 heterocycles. The van der Waals surface area contributed by atoms with Crippen molar-refractivity contribution < 1.29 is 18.1 Å². The second-order valence-corrected chi connectivity index (χ2v) is 10.9. The van der Waals surface area contributed by atoms with Gasteiger partial charge in [-0.15, -0.1) is 12.4 Å². The molecule has 0 saturated heterocycles. The van der Waals surface area contributed by atoms with E-state index >= 15 is 0 Å². The standard InChI is InChI=1S/C26H38N2O4Si.ClH/c1-7-30-33(31-8-2,32-9-3)21(6)18-19-27-25-13-11-10-12-24(25)22-14-16-23(17-15-22)28-26(29)20(4)5;/h10-17,21,27H,4,7-9,18-19H2,1-3,5-6H3,(H,28,29);1H. The SMILES string of the molecule is C=C(C)C(=O)Nc1ccc(-c2ccccc2NCCC(C)[Si](OCC)(OCC)OCC)cc1.Cl. The van der Waals surface area contributed by atoms with Crippen LogP contribution < -0.4 is 10.6 Å². The fraction of sp³-hybridized carbons (Fsp3) is 0.423. The van der Waals surface area contributed by atoms with Gasteiger partial charge in [0.1, 0.15) is 0 Å². The van der Waals surface area contributed by atoms with Gasteiger partial charge in [0.25, 0.3) is 5.91 Å². The van der Waals surface area contributed by atoms with Gasteiger partial charge >= 0.3 is 8.80 Å². The molecule has 0 saturated carbocycles. The molecule has 0 aliphatic carbocycles. The lowest BCUT2D eigenvalue weighted by Crippen LogP contribution is -2.50. The molecule has 0 spiro atoms. The first-order valence-corrected chi connectivity index (χ1v) is 13.5.